The van der Waals surface area contributed by atoms with Gasteiger partial charge in [0.05, 0.1) is 0 Å². The van der Waals surface area contributed by atoms with Crippen LogP contribution in [-0.2, 0) is 32.1 Å². The van der Waals surface area contributed by atoms with Crippen molar-refractivity contribution in [3.05, 3.63) is 225 Å². The van der Waals surface area contributed by atoms with Gasteiger partial charge in [-0.05, 0) is 98.3 Å². The number of rotatable bonds is 13. The first kappa shape index (κ1) is 42.0. The van der Waals surface area contributed by atoms with Gasteiger partial charge in [0.1, 0.15) is 29.1 Å². The van der Waals surface area contributed by atoms with Crippen molar-refractivity contribution in [3.63, 3.8) is 0 Å². The fraction of sp³-hybridized carbons (Fsp3) is 0.192. The summed E-state index contributed by atoms with van der Waals surface area (Å²) in [6.45, 7) is 10.5. The van der Waals surface area contributed by atoms with Crippen LogP contribution in [-0.4, -0.2) is 29.9 Å². The molecule has 0 amide bonds. The summed E-state index contributed by atoms with van der Waals surface area (Å²) in [7, 11) is 0. The lowest BCUT2D eigenvalue weighted by Crippen LogP contribution is -2.09. The summed E-state index contributed by atoms with van der Waals surface area (Å²) in [4.78, 5) is 28.2. The first-order chi connectivity index (χ1) is 29.6. The first-order valence-electron chi connectivity index (χ1n) is 20.7. The summed E-state index contributed by atoms with van der Waals surface area (Å²) in [5.41, 5.74) is 12.6. The van der Waals surface area contributed by atoms with Gasteiger partial charge in [-0.3, -0.25) is 0 Å². The Labute approximate surface area is 358 Å². The molecule has 2 N–H and O–H groups in total. The van der Waals surface area contributed by atoms with E-state index in [9.17, 15) is 4.39 Å². The van der Waals surface area contributed by atoms with Gasteiger partial charge in [0, 0.05) is 37.1 Å². The van der Waals surface area contributed by atoms with Crippen LogP contribution < -0.4 is 10.6 Å². The van der Waals surface area contributed by atoms with Gasteiger partial charge < -0.3 is 10.6 Å². The van der Waals surface area contributed by atoms with Crippen LogP contribution in [0.1, 0.15) is 80.3 Å². The van der Waals surface area contributed by atoms with E-state index in [1.807, 2.05) is 12.1 Å². The highest BCUT2D eigenvalue weighted by atomic mass is 19.1. The van der Waals surface area contributed by atoms with E-state index in [1.165, 1.54) is 51.1 Å². The Kier molecular flexibility index (Phi) is 13.9. The van der Waals surface area contributed by atoms with E-state index >= 15 is 0 Å². The maximum absolute atomic E-state index is 13.2. The summed E-state index contributed by atoms with van der Waals surface area (Å²) < 4.78 is 13.2. The Balaban J connectivity index is 0.000000184. The molecule has 0 aliphatic heterocycles. The Hall–Kier alpha value is -7.13. The molecule has 8 rings (SSSR count). The standard InChI is InChI=1S/C27H28N4.C25H23FN4/c1-4-21-11-13-24(14-12-21)28-27-30-25(17-22-9-5-7-19(2)15-22)29-26(31-27)18-23-10-6-8-20(3)16-23;1-17-5-3-7-19(13-17)15-23-28-24(16-20-8-4-6-18(2)14-20)30-25(29-23)27-22-11-9-21(26)10-12-22/h5-16H,4,17-18H2,1-3H3,(H,28,29,30,31);3-14H,15-16H2,1-2H3,(H,27,28,29,30). The van der Waals surface area contributed by atoms with E-state index in [-0.39, 0.29) is 5.82 Å². The predicted molar refractivity (Wildman–Crippen MR) is 244 cm³/mol. The second-order valence-corrected chi connectivity index (χ2v) is 15.5. The SMILES string of the molecule is CCc1ccc(Nc2nc(Cc3cccc(C)c3)nc(Cc3cccc(C)c3)n2)cc1.Cc1cccc(Cc2nc(Cc3cccc(C)c3)nc(Nc3ccc(F)cc3)n2)c1. The molecule has 61 heavy (non-hydrogen) atoms. The third-order valence-electron chi connectivity index (χ3n) is 9.95. The number of anilines is 4. The molecule has 2 aromatic heterocycles. The molecule has 0 unspecified atom stereocenters. The largest absolute Gasteiger partial charge is 0.324 e. The molecule has 0 aliphatic carbocycles. The van der Waals surface area contributed by atoms with Crippen molar-refractivity contribution < 1.29 is 4.39 Å². The second-order valence-electron chi connectivity index (χ2n) is 15.5. The third-order valence-corrected chi connectivity index (χ3v) is 9.95. The number of aromatic nitrogens is 6. The normalized spacial score (nSPS) is 10.8. The van der Waals surface area contributed by atoms with Crippen molar-refractivity contribution in [2.45, 2.75) is 66.7 Å². The summed E-state index contributed by atoms with van der Waals surface area (Å²) in [6, 6.07) is 48.2. The fourth-order valence-corrected chi connectivity index (χ4v) is 7.00. The zero-order valence-electron chi connectivity index (χ0n) is 35.5. The van der Waals surface area contributed by atoms with Crippen LogP contribution in [0.25, 0.3) is 0 Å². The van der Waals surface area contributed by atoms with Gasteiger partial charge in [0.25, 0.3) is 0 Å². The maximum Gasteiger partial charge on any atom is 0.230 e. The molecular weight excluding hydrogens is 756 g/mol. The van der Waals surface area contributed by atoms with E-state index < -0.39 is 0 Å². The van der Waals surface area contributed by atoms with Crippen LogP contribution >= 0.6 is 0 Å². The number of hydrogen-bond donors (Lipinski definition) is 2. The lowest BCUT2D eigenvalue weighted by Gasteiger charge is -2.10. The lowest BCUT2D eigenvalue weighted by atomic mass is 10.1. The molecule has 9 heteroatoms. The summed E-state index contributed by atoms with van der Waals surface area (Å²) in [6.07, 6.45) is 3.60. The van der Waals surface area contributed by atoms with Gasteiger partial charge in [0.2, 0.25) is 11.9 Å². The molecule has 0 radical (unpaired) electrons. The maximum atomic E-state index is 13.2. The quantitative estimate of drug-likeness (QED) is 0.119. The molecule has 0 saturated heterocycles. The predicted octanol–water partition coefficient (Wildman–Crippen LogP) is 11.5. The average Bonchev–Trinajstić information content (AvgIpc) is 3.22. The number of halogens is 1. The van der Waals surface area contributed by atoms with Crippen molar-refractivity contribution in [1.82, 2.24) is 29.9 Å². The van der Waals surface area contributed by atoms with Crippen LogP contribution in [0.4, 0.5) is 27.7 Å². The molecule has 0 fully saturated rings. The van der Waals surface area contributed by atoms with Crippen molar-refractivity contribution in [2.24, 2.45) is 0 Å². The van der Waals surface area contributed by atoms with Gasteiger partial charge in [0.15, 0.2) is 0 Å². The van der Waals surface area contributed by atoms with Crippen LogP contribution in [0, 0.1) is 33.5 Å². The third kappa shape index (κ3) is 12.9. The van der Waals surface area contributed by atoms with E-state index in [2.05, 4.69) is 164 Å². The summed E-state index contributed by atoms with van der Waals surface area (Å²) in [5.74, 6) is 3.71. The summed E-state index contributed by atoms with van der Waals surface area (Å²) in [5, 5.41) is 6.55. The van der Waals surface area contributed by atoms with E-state index in [0.717, 1.165) is 40.6 Å². The van der Waals surface area contributed by atoms with Gasteiger partial charge in [-0.1, -0.05) is 138 Å². The number of aryl methyl sites for hydroxylation is 5. The molecule has 0 atom stereocenters. The second kappa shape index (κ2) is 20.2. The van der Waals surface area contributed by atoms with Crippen LogP contribution in [0.3, 0.4) is 0 Å². The van der Waals surface area contributed by atoms with Crippen molar-refractivity contribution in [3.8, 4) is 0 Å². The fourth-order valence-electron chi connectivity index (χ4n) is 7.00. The highest BCUT2D eigenvalue weighted by Crippen LogP contribution is 2.20. The van der Waals surface area contributed by atoms with Gasteiger partial charge in [-0.25, -0.2) is 14.4 Å². The van der Waals surface area contributed by atoms with Crippen LogP contribution in [0.15, 0.2) is 146 Å². The van der Waals surface area contributed by atoms with Crippen molar-refractivity contribution in [2.75, 3.05) is 10.6 Å². The molecule has 0 bridgehead atoms. The van der Waals surface area contributed by atoms with Gasteiger partial charge in [-0.15, -0.1) is 0 Å². The molecule has 8 aromatic rings. The van der Waals surface area contributed by atoms with Crippen LogP contribution in [0.2, 0.25) is 0 Å². The van der Waals surface area contributed by atoms with Crippen LogP contribution in [0.5, 0.6) is 0 Å². The zero-order chi connectivity index (χ0) is 42.6. The van der Waals surface area contributed by atoms with Gasteiger partial charge >= 0.3 is 0 Å². The monoisotopic (exact) mass is 806 g/mol. The van der Waals surface area contributed by atoms with E-state index in [1.54, 1.807) is 12.1 Å². The molecule has 306 valence electrons. The minimum atomic E-state index is -0.281. The number of nitrogens with one attached hydrogen (secondary N) is 2. The number of hydrogen-bond acceptors (Lipinski definition) is 8. The molecule has 0 aliphatic rings. The topological polar surface area (TPSA) is 101 Å². The summed E-state index contributed by atoms with van der Waals surface area (Å²) >= 11 is 0. The molecule has 0 saturated carbocycles. The number of nitrogens with zero attached hydrogens (tertiary/aromatic N) is 6. The average molecular weight is 807 g/mol. The minimum Gasteiger partial charge on any atom is -0.324 e. The van der Waals surface area contributed by atoms with Crippen molar-refractivity contribution in [1.29, 1.82) is 0 Å². The number of benzene rings is 6. The smallest absolute Gasteiger partial charge is 0.230 e. The van der Waals surface area contributed by atoms with E-state index in [0.29, 0.717) is 49.2 Å². The van der Waals surface area contributed by atoms with Gasteiger partial charge in [-0.2, -0.15) is 19.9 Å². The Morgan fingerprint density at radius 2 is 0.689 bits per heavy atom. The highest BCUT2D eigenvalue weighted by molar-refractivity contribution is 5.54. The first-order valence-corrected chi connectivity index (χ1v) is 20.7. The Morgan fingerprint density at radius 3 is 0.984 bits per heavy atom. The van der Waals surface area contributed by atoms with E-state index in [4.69, 9.17) is 19.9 Å². The zero-order valence-corrected chi connectivity index (χ0v) is 35.5. The Morgan fingerprint density at radius 1 is 0.377 bits per heavy atom. The Bertz CT molecular complexity index is 2570. The molecule has 0 spiro atoms. The van der Waals surface area contributed by atoms with Crippen molar-refractivity contribution >= 4 is 23.3 Å². The minimum absolute atomic E-state index is 0.281. The lowest BCUT2D eigenvalue weighted by molar-refractivity contribution is 0.628. The molecule has 6 aromatic carbocycles. The molecule has 8 nitrogen and oxygen atoms in total. The highest BCUT2D eigenvalue weighted by Gasteiger charge is 2.12. The molecule has 2 heterocycles. The molecular formula is C52H51FN8.